The van der Waals surface area contributed by atoms with E-state index in [9.17, 15) is 0 Å². The molecule has 0 atom stereocenters. The van der Waals surface area contributed by atoms with Gasteiger partial charge < -0.3 is 4.90 Å². The maximum Gasteiger partial charge on any atom is 0.191 e. The Kier molecular flexibility index (Phi) is 4.70. The normalized spacial score (nSPS) is 15.3. The molecule has 3 heterocycles. The lowest BCUT2D eigenvalue weighted by molar-refractivity contribution is 0.573. The topological polar surface area (TPSA) is 46.8 Å². The zero-order chi connectivity index (χ0) is 17.1. The van der Waals surface area contributed by atoms with Crippen molar-refractivity contribution < 1.29 is 0 Å². The van der Waals surface area contributed by atoms with E-state index >= 15 is 0 Å². The van der Waals surface area contributed by atoms with Crippen molar-refractivity contribution in [2.45, 2.75) is 24.4 Å². The van der Waals surface area contributed by atoms with E-state index in [0.29, 0.717) is 0 Å². The van der Waals surface area contributed by atoms with Gasteiger partial charge in [-0.15, -0.1) is 0 Å². The Bertz CT molecular complexity index is 881. The Balaban J connectivity index is 1.75. The molecule has 0 radical (unpaired) electrons. The highest BCUT2D eigenvalue weighted by Crippen LogP contribution is 2.28. The Morgan fingerprint density at radius 2 is 1.84 bits per heavy atom. The molecule has 0 bridgehead atoms. The number of rotatable bonds is 4. The molecule has 0 spiro atoms. The fourth-order valence-corrected chi connectivity index (χ4v) is 3.51. The molecule has 0 N–H and O–H groups in total. The van der Waals surface area contributed by atoms with Gasteiger partial charge in [0.05, 0.1) is 11.6 Å². The Morgan fingerprint density at radius 1 is 1.04 bits per heavy atom. The molecule has 5 nitrogen and oxygen atoms in total. The number of hydrogen-bond acceptors (Lipinski definition) is 5. The van der Waals surface area contributed by atoms with Crippen LogP contribution in [-0.2, 0) is 0 Å². The zero-order valence-corrected chi connectivity index (χ0v) is 15.1. The first-order valence-electron chi connectivity index (χ1n) is 8.62. The number of benzene rings is 1. The molecule has 2 aromatic heterocycles. The minimum atomic E-state index is 0.794. The van der Waals surface area contributed by atoms with E-state index in [-0.39, 0.29) is 0 Å². The lowest BCUT2D eigenvalue weighted by Crippen LogP contribution is -2.30. The van der Waals surface area contributed by atoms with Crippen molar-refractivity contribution in [1.29, 1.82) is 0 Å². The van der Waals surface area contributed by atoms with Crippen LogP contribution in [0, 0.1) is 0 Å². The monoisotopic (exact) mass is 351 g/mol. The van der Waals surface area contributed by atoms with Crippen LogP contribution in [0.3, 0.4) is 0 Å². The van der Waals surface area contributed by atoms with E-state index in [2.05, 4.69) is 22.1 Å². The van der Waals surface area contributed by atoms with E-state index in [0.717, 1.165) is 40.7 Å². The molecular weight excluding hydrogens is 330 g/mol. The van der Waals surface area contributed by atoms with Crippen LogP contribution < -0.4 is 4.90 Å². The van der Waals surface area contributed by atoms with Crippen molar-refractivity contribution in [2.24, 2.45) is 0 Å². The van der Waals surface area contributed by atoms with Crippen LogP contribution >= 0.6 is 11.8 Å². The van der Waals surface area contributed by atoms with Crippen LogP contribution in [-0.4, -0.2) is 39.1 Å². The molecule has 4 rings (SSSR count). The summed E-state index contributed by atoms with van der Waals surface area (Å²) < 4.78 is 1.84. The molecule has 3 aromatic rings. The Hall–Kier alpha value is -2.34. The average Bonchev–Trinajstić information content (AvgIpc) is 3.10. The summed E-state index contributed by atoms with van der Waals surface area (Å²) in [6.07, 6.45) is 11.7. The third kappa shape index (κ3) is 3.39. The summed E-state index contributed by atoms with van der Waals surface area (Å²) in [4.78, 5) is 11.8. The number of anilines is 1. The first-order chi connectivity index (χ1) is 12.3. The highest BCUT2D eigenvalue weighted by molar-refractivity contribution is 7.98. The third-order valence-corrected chi connectivity index (χ3v) is 5.01. The zero-order valence-electron chi connectivity index (χ0n) is 14.3. The molecule has 0 unspecified atom stereocenters. The first kappa shape index (κ1) is 16.1. The maximum absolute atomic E-state index is 4.78. The highest BCUT2D eigenvalue weighted by atomic mass is 32.2. The second kappa shape index (κ2) is 7.27. The Morgan fingerprint density at radius 3 is 2.60 bits per heavy atom. The summed E-state index contributed by atoms with van der Waals surface area (Å²) in [6, 6.07) is 10.2. The van der Waals surface area contributed by atoms with Gasteiger partial charge in [0.25, 0.3) is 0 Å². The molecule has 0 aliphatic carbocycles. The van der Waals surface area contributed by atoms with E-state index in [1.807, 2.05) is 47.6 Å². The van der Waals surface area contributed by atoms with Gasteiger partial charge >= 0.3 is 0 Å². The van der Waals surface area contributed by atoms with Crippen LogP contribution in [0.5, 0.6) is 0 Å². The van der Waals surface area contributed by atoms with E-state index in [1.54, 1.807) is 11.8 Å². The van der Waals surface area contributed by atoms with E-state index in [4.69, 9.17) is 9.97 Å². The van der Waals surface area contributed by atoms with Gasteiger partial charge in [-0.3, -0.25) is 0 Å². The Labute approximate surface area is 151 Å². The van der Waals surface area contributed by atoms with Gasteiger partial charge in [0.2, 0.25) is 0 Å². The van der Waals surface area contributed by atoms with Gasteiger partial charge in [0, 0.05) is 19.3 Å². The molecule has 25 heavy (non-hydrogen) atoms. The summed E-state index contributed by atoms with van der Waals surface area (Å²) in [5.41, 5.74) is 2.01. The van der Waals surface area contributed by atoms with Crippen LogP contribution in [0.4, 0.5) is 5.82 Å². The third-order valence-electron chi connectivity index (χ3n) is 4.46. The van der Waals surface area contributed by atoms with Crippen molar-refractivity contribution in [3.63, 3.8) is 0 Å². The first-order valence-corrected chi connectivity index (χ1v) is 9.85. The van der Waals surface area contributed by atoms with Crippen molar-refractivity contribution in [2.75, 3.05) is 24.2 Å². The summed E-state index contributed by atoms with van der Waals surface area (Å²) >= 11 is 1.57. The standard InChI is InChI=1S/C19H21N5S/c1-25-19-21-17(23-11-6-3-7-12-23)16-14-20-24(18(16)22-19)13-10-15-8-4-2-5-9-15/h2,4-5,8-10,13-14H,3,6-7,11-12H2,1H3/b13-10-. The summed E-state index contributed by atoms with van der Waals surface area (Å²) in [7, 11) is 0. The largest absolute Gasteiger partial charge is 0.356 e. The molecule has 1 saturated heterocycles. The molecule has 1 aliphatic heterocycles. The summed E-state index contributed by atoms with van der Waals surface area (Å²) in [5, 5.41) is 6.35. The van der Waals surface area contributed by atoms with Gasteiger partial charge in [-0.05, 0) is 37.2 Å². The van der Waals surface area contributed by atoms with E-state index < -0.39 is 0 Å². The quantitative estimate of drug-likeness (QED) is 0.521. The molecule has 1 aliphatic rings. The molecule has 128 valence electrons. The number of hydrogen-bond donors (Lipinski definition) is 0. The lowest BCUT2D eigenvalue weighted by Gasteiger charge is -2.28. The second-order valence-corrected chi connectivity index (χ2v) is 6.91. The average molecular weight is 351 g/mol. The number of thioether (sulfide) groups is 1. The summed E-state index contributed by atoms with van der Waals surface area (Å²) in [6.45, 7) is 2.12. The number of nitrogens with zero attached hydrogens (tertiary/aromatic N) is 5. The van der Waals surface area contributed by atoms with Crippen LogP contribution in [0.15, 0.2) is 41.7 Å². The molecule has 0 saturated carbocycles. The van der Waals surface area contributed by atoms with Crippen molar-refractivity contribution in [3.8, 4) is 0 Å². The van der Waals surface area contributed by atoms with Crippen molar-refractivity contribution in [3.05, 3.63) is 42.1 Å². The summed E-state index contributed by atoms with van der Waals surface area (Å²) in [5.74, 6) is 1.02. The number of aromatic nitrogens is 4. The van der Waals surface area contributed by atoms with Gasteiger partial charge in [-0.2, -0.15) is 5.10 Å². The van der Waals surface area contributed by atoms with Gasteiger partial charge in [0.1, 0.15) is 5.82 Å². The van der Waals surface area contributed by atoms with Gasteiger partial charge in [-0.1, -0.05) is 42.1 Å². The minimum Gasteiger partial charge on any atom is -0.356 e. The smallest absolute Gasteiger partial charge is 0.191 e. The molecular formula is C19H21N5S. The van der Waals surface area contributed by atoms with Crippen LogP contribution in [0.25, 0.3) is 23.3 Å². The fourth-order valence-electron chi connectivity index (χ4n) is 3.16. The fraction of sp³-hybridized carbons (Fsp3) is 0.316. The maximum atomic E-state index is 4.78. The van der Waals surface area contributed by atoms with E-state index in [1.165, 1.54) is 19.3 Å². The minimum absolute atomic E-state index is 0.794. The predicted molar refractivity (Wildman–Crippen MR) is 105 cm³/mol. The molecule has 1 fully saturated rings. The SMILES string of the molecule is CSc1nc(N2CCCCC2)c2cnn(/C=C\c3ccccc3)c2n1. The molecule has 1 aromatic carbocycles. The van der Waals surface area contributed by atoms with Crippen molar-refractivity contribution >= 4 is 40.9 Å². The van der Waals surface area contributed by atoms with Gasteiger partial charge in [0.15, 0.2) is 10.8 Å². The number of fused-ring (bicyclic) bond motifs is 1. The number of piperidine rings is 1. The van der Waals surface area contributed by atoms with Crippen LogP contribution in [0.2, 0.25) is 0 Å². The molecule has 0 amide bonds. The lowest BCUT2D eigenvalue weighted by atomic mass is 10.1. The van der Waals surface area contributed by atoms with Crippen molar-refractivity contribution in [1.82, 2.24) is 19.7 Å². The second-order valence-electron chi connectivity index (χ2n) is 6.13. The highest BCUT2D eigenvalue weighted by Gasteiger charge is 2.19. The predicted octanol–water partition coefficient (Wildman–Crippen LogP) is 4.17. The van der Waals surface area contributed by atoms with Gasteiger partial charge in [-0.25, -0.2) is 14.6 Å². The molecule has 6 heteroatoms. The van der Waals surface area contributed by atoms with Crippen LogP contribution in [0.1, 0.15) is 24.8 Å².